The van der Waals surface area contributed by atoms with Gasteiger partial charge < -0.3 is 5.32 Å². The monoisotopic (exact) mass is 150 g/mol. The molecule has 0 aromatic carbocycles. The molecule has 0 aromatic heterocycles. The van der Waals surface area contributed by atoms with Crippen molar-refractivity contribution in [3.63, 3.8) is 0 Å². The SMILES string of the molecule is C1=NCCN1.CCC.Cl. The number of hydrogen-bond donors (Lipinski definition) is 1. The Balaban J connectivity index is 0. The fourth-order valence-electron chi connectivity index (χ4n) is 0.323. The summed E-state index contributed by atoms with van der Waals surface area (Å²) in [6, 6.07) is 0. The molecule has 0 amide bonds. The summed E-state index contributed by atoms with van der Waals surface area (Å²) in [5.74, 6) is 0. The lowest BCUT2D eigenvalue weighted by atomic mass is 10.6. The molecule has 1 aliphatic rings. The van der Waals surface area contributed by atoms with E-state index in [0.29, 0.717) is 0 Å². The fourth-order valence-corrected chi connectivity index (χ4v) is 0.323. The minimum atomic E-state index is 0. The Morgan fingerprint density at radius 2 is 2.11 bits per heavy atom. The Labute approximate surface area is 63.2 Å². The molecule has 0 saturated heterocycles. The second-order valence-electron chi connectivity index (χ2n) is 1.70. The van der Waals surface area contributed by atoms with Crippen LogP contribution in [0.15, 0.2) is 4.99 Å². The van der Waals surface area contributed by atoms with Gasteiger partial charge in [-0.15, -0.1) is 12.4 Å². The maximum Gasteiger partial charge on any atom is 0.0825 e. The lowest BCUT2D eigenvalue weighted by Gasteiger charge is -1.75. The summed E-state index contributed by atoms with van der Waals surface area (Å²) in [6.45, 7) is 6.24. The molecule has 0 unspecified atom stereocenters. The Morgan fingerprint density at radius 1 is 1.56 bits per heavy atom. The molecule has 9 heavy (non-hydrogen) atoms. The Bertz CT molecular complexity index is 58.1. The van der Waals surface area contributed by atoms with Crippen molar-refractivity contribution in [2.45, 2.75) is 20.3 Å². The summed E-state index contributed by atoms with van der Waals surface area (Å²) in [4.78, 5) is 3.85. The van der Waals surface area contributed by atoms with Gasteiger partial charge in [-0.25, -0.2) is 0 Å². The van der Waals surface area contributed by atoms with E-state index in [2.05, 4.69) is 24.2 Å². The Kier molecular flexibility index (Phi) is 13.7. The topological polar surface area (TPSA) is 24.4 Å². The summed E-state index contributed by atoms with van der Waals surface area (Å²) in [5.41, 5.74) is 0. The first-order valence-corrected chi connectivity index (χ1v) is 3.13. The molecule has 2 nitrogen and oxygen atoms in total. The lowest BCUT2D eigenvalue weighted by molar-refractivity contribution is 0.965. The van der Waals surface area contributed by atoms with Crippen LogP contribution in [0.1, 0.15) is 20.3 Å². The molecule has 1 aliphatic heterocycles. The van der Waals surface area contributed by atoms with Crippen molar-refractivity contribution in [1.29, 1.82) is 0 Å². The predicted molar refractivity (Wildman–Crippen MR) is 44.6 cm³/mol. The normalized spacial score (nSPS) is 12.7. The van der Waals surface area contributed by atoms with Gasteiger partial charge in [0.05, 0.1) is 12.9 Å². The molecular formula is C6H15ClN2. The largest absolute Gasteiger partial charge is 0.375 e. The molecule has 0 bridgehead atoms. The molecule has 1 rings (SSSR count). The maximum atomic E-state index is 3.85. The van der Waals surface area contributed by atoms with Crippen LogP contribution in [-0.4, -0.2) is 19.4 Å². The summed E-state index contributed by atoms with van der Waals surface area (Å²) < 4.78 is 0. The molecule has 0 radical (unpaired) electrons. The number of nitrogens with one attached hydrogen (secondary N) is 1. The second-order valence-corrected chi connectivity index (χ2v) is 1.70. The molecule has 0 saturated carbocycles. The zero-order valence-corrected chi connectivity index (χ0v) is 6.87. The number of hydrogen-bond acceptors (Lipinski definition) is 2. The minimum absolute atomic E-state index is 0. The summed E-state index contributed by atoms with van der Waals surface area (Å²) in [5, 5.41) is 2.93. The Hall–Kier alpha value is -0.240. The van der Waals surface area contributed by atoms with Crippen LogP contribution < -0.4 is 5.32 Å². The van der Waals surface area contributed by atoms with Gasteiger partial charge in [-0.1, -0.05) is 20.3 Å². The molecule has 0 atom stereocenters. The van der Waals surface area contributed by atoms with Crippen LogP contribution in [0.25, 0.3) is 0 Å². The van der Waals surface area contributed by atoms with E-state index in [1.165, 1.54) is 6.42 Å². The zero-order valence-electron chi connectivity index (χ0n) is 6.05. The molecule has 1 N–H and O–H groups in total. The van der Waals surface area contributed by atoms with E-state index in [9.17, 15) is 0 Å². The zero-order chi connectivity index (χ0) is 6.24. The van der Waals surface area contributed by atoms with Gasteiger partial charge in [0, 0.05) is 6.54 Å². The van der Waals surface area contributed by atoms with Crippen molar-refractivity contribution in [3.05, 3.63) is 0 Å². The smallest absolute Gasteiger partial charge is 0.0825 e. The van der Waals surface area contributed by atoms with E-state index in [-0.39, 0.29) is 12.4 Å². The molecule has 3 heteroatoms. The minimum Gasteiger partial charge on any atom is -0.375 e. The number of nitrogens with zero attached hydrogens (tertiary/aromatic N) is 1. The van der Waals surface area contributed by atoms with Crippen molar-refractivity contribution in [1.82, 2.24) is 5.32 Å². The predicted octanol–water partition coefficient (Wildman–Crippen LogP) is 1.46. The van der Waals surface area contributed by atoms with Crippen molar-refractivity contribution in [3.8, 4) is 0 Å². The summed E-state index contributed by atoms with van der Waals surface area (Å²) >= 11 is 0. The highest BCUT2D eigenvalue weighted by molar-refractivity contribution is 5.85. The van der Waals surface area contributed by atoms with Gasteiger partial charge in [-0.2, -0.15) is 0 Å². The van der Waals surface area contributed by atoms with Gasteiger partial charge >= 0.3 is 0 Å². The standard InChI is InChI=1S/C3H6N2.C3H8.ClH/c1-2-5-3-4-1;1-3-2;/h3H,1-2H2,(H,4,5);3H2,1-2H3;1H. The van der Waals surface area contributed by atoms with E-state index in [4.69, 9.17) is 0 Å². The molecule has 0 fully saturated rings. The van der Waals surface area contributed by atoms with Gasteiger partial charge in [0.1, 0.15) is 0 Å². The highest BCUT2D eigenvalue weighted by atomic mass is 35.5. The molecule has 0 aromatic rings. The number of aliphatic imine (C=N–C) groups is 1. The highest BCUT2D eigenvalue weighted by Crippen LogP contribution is 1.68. The van der Waals surface area contributed by atoms with Crippen LogP contribution >= 0.6 is 12.4 Å². The van der Waals surface area contributed by atoms with E-state index in [0.717, 1.165) is 13.1 Å². The molecule has 0 aliphatic carbocycles. The number of halogens is 1. The van der Waals surface area contributed by atoms with Crippen molar-refractivity contribution < 1.29 is 0 Å². The average Bonchev–Trinajstić information content (AvgIpc) is 2.17. The molecule has 1 heterocycles. The van der Waals surface area contributed by atoms with Crippen LogP contribution in [0.3, 0.4) is 0 Å². The van der Waals surface area contributed by atoms with Crippen molar-refractivity contribution in [2.75, 3.05) is 13.1 Å². The van der Waals surface area contributed by atoms with Gasteiger partial charge in [0.15, 0.2) is 0 Å². The quantitative estimate of drug-likeness (QED) is 0.556. The first-order valence-electron chi connectivity index (χ1n) is 3.13. The number of rotatable bonds is 0. The van der Waals surface area contributed by atoms with Crippen molar-refractivity contribution >= 4 is 18.7 Å². The fraction of sp³-hybridized carbons (Fsp3) is 0.833. The third-order valence-corrected chi connectivity index (χ3v) is 0.568. The van der Waals surface area contributed by atoms with E-state index in [1.807, 2.05) is 0 Å². The average molecular weight is 151 g/mol. The van der Waals surface area contributed by atoms with Crippen molar-refractivity contribution in [2.24, 2.45) is 4.99 Å². The van der Waals surface area contributed by atoms with Gasteiger partial charge in [-0.3, -0.25) is 4.99 Å². The third kappa shape index (κ3) is 11.4. The van der Waals surface area contributed by atoms with E-state index >= 15 is 0 Å². The van der Waals surface area contributed by atoms with Crippen LogP contribution in [0.2, 0.25) is 0 Å². The molecular weight excluding hydrogens is 136 g/mol. The highest BCUT2D eigenvalue weighted by Gasteiger charge is 1.82. The Morgan fingerprint density at radius 3 is 2.22 bits per heavy atom. The molecule has 0 spiro atoms. The van der Waals surface area contributed by atoms with Crippen LogP contribution in [0.4, 0.5) is 0 Å². The van der Waals surface area contributed by atoms with Crippen LogP contribution in [0.5, 0.6) is 0 Å². The van der Waals surface area contributed by atoms with E-state index in [1.54, 1.807) is 6.34 Å². The third-order valence-electron chi connectivity index (χ3n) is 0.568. The first-order chi connectivity index (χ1) is 3.91. The van der Waals surface area contributed by atoms with E-state index < -0.39 is 0 Å². The first kappa shape index (κ1) is 11.5. The van der Waals surface area contributed by atoms with Gasteiger partial charge in [0.25, 0.3) is 0 Å². The molecule has 56 valence electrons. The summed E-state index contributed by atoms with van der Waals surface area (Å²) in [7, 11) is 0. The van der Waals surface area contributed by atoms with Gasteiger partial charge in [-0.05, 0) is 0 Å². The lowest BCUT2D eigenvalue weighted by Crippen LogP contribution is -2.04. The van der Waals surface area contributed by atoms with Crippen LogP contribution in [0, 0.1) is 0 Å². The second kappa shape index (κ2) is 10.7. The summed E-state index contributed by atoms with van der Waals surface area (Å²) in [6.07, 6.45) is 2.99. The van der Waals surface area contributed by atoms with Crippen LogP contribution in [-0.2, 0) is 0 Å². The van der Waals surface area contributed by atoms with Gasteiger partial charge in [0.2, 0.25) is 0 Å². The maximum absolute atomic E-state index is 3.85.